The molecule has 1 atom stereocenters. The molecule has 3 rings (SSSR count). The van der Waals surface area contributed by atoms with Crippen LogP contribution in [0.1, 0.15) is 34.0 Å². The summed E-state index contributed by atoms with van der Waals surface area (Å²) < 4.78 is 25.2. The molecule has 0 bridgehead atoms. The van der Waals surface area contributed by atoms with E-state index >= 15 is 0 Å². The molecule has 1 amide bonds. The lowest BCUT2D eigenvalue weighted by molar-refractivity contribution is 0.0948. The van der Waals surface area contributed by atoms with Crippen molar-refractivity contribution < 1.29 is 13.2 Å². The minimum atomic E-state index is -3.27. The summed E-state index contributed by atoms with van der Waals surface area (Å²) in [5.41, 5.74) is 1.98. The van der Waals surface area contributed by atoms with Crippen LogP contribution in [0.4, 0.5) is 5.95 Å². The monoisotopic (exact) mass is 403 g/mol. The lowest BCUT2D eigenvalue weighted by atomic mass is 10.00. The van der Waals surface area contributed by atoms with Crippen LogP contribution in [0.15, 0.2) is 36.5 Å². The first-order chi connectivity index (χ1) is 13.3. The topological polar surface area (TPSA) is 95.5 Å². The Morgan fingerprint density at radius 3 is 2.61 bits per heavy atom. The molecule has 2 heterocycles. The van der Waals surface area contributed by atoms with Gasteiger partial charge in [-0.05, 0) is 12.0 Å². The molecule has 1 aliphatic heterocycles. The van der Waals surface area contributed by atoms with Gasteiger partial charge in [0, 0.05) is 45.8 Å². The number of nitrogens with zero attached hydrogens (tertiary/aromatic N) is 4. The Hall–Kier alpha value is -2.52. The molecule has 1 saturated heterocycles. The zero-order valence-corrected chi connectivity index (χ0v) is 17.1. The lowest BCUT2D eigenvalue weighted by Crippen LogP contribution is -2.29. The summed E-state index contributed by atoms with van der Waals surface area (Å²) in [6.45, 7) is 1.15. The summed E-state index contributed by atoms with van der Waals surface area (Å²) in [4.78, 5) is 23.4. The van der Waals surface area contributed by atoms with Crippen molar-refractivity contribution in [3.05, 3.63) is 53.3 Å². The van der Waals surface area contributed by atoms with E-state index in [0.717, 1.165) is 5.56 Å². The van der Waals surface area contributed by atoms with Crippen molar-refractivity contribution in [2.75, 3.05) is 38.3 Å². The first kappa shape index (κ1) is 20.2. The number of rotatable bonds is 6. The van der Waals surface area contributed by atoms with Crippen LogP contribution >= 0.6 is 0 Å². The predicted octanol–water partition coefficient (Wildman–Crippen LogP) is 1.22. The number of hydrogen-bond acceptors (Lipinski definition) is 6. The fourth-order valence-electron chi connectivity index (χ4n) is 3.21. The van der Waals surface area contributed by atoms with Gasteiger partial charge in [0.25, 0.3) is 5.91 Å². The second-order valence-electron chi connectivity index (χ2n) is 7.14. The number of benzene rings is 1. The van der Waals surface area contributed by atoms with Crippen molar-refractivity contribution in [1.29, 1.82) is 0 Å². The standard InChI is InChI=1S/C19H25N5O3S/c1-23(2)19-21-12-16(18(25)20-11-14-7-5-4-6-8-14)17(22-19)15-9-10-24(13-15)28(3,26)27/h4-8,12,15H,9-11,13H2,1-3H3,(H,20,25). The van der Waals surface area contributed by atoms with Gasteiger partial charge >= 0.3 is 0 Å². The number of sulfonamides is 1. The molecule has 150 valence electrons. The van der Waals surface area contributed by atoms with Gasteiger partial charge in [-0.15, -0.1) is 0 Å². The van der Waals surface area contributed by atoms with Gasteiger partial charge in [-0.25, -0.2) is 22.7 Å². The van der Waals surface area contributed by atoms with Crippen molar-refractivity contribution in [1.82, 2.24) is 19.6 Å². The average Bonchev–Trinajstić information content (AvgIpc) is 3.17. The third-order valence-corrected chi connectivity index (χ3v) is 6.02. The molecule has 1 N–H and O–H groups in total. The molecular weight excluding hydrogens is 378 g/mol. The maximum Gasteiger partial charge on any atom is 0.254 e. The third kappa shape index (κ3) is 4.66. The quantitative estimate of drug-likeness (QED) is 0.779. The normalized spacial score (nSPS) is 17.5. The van der Waals surface area contributed by atoms with E-state index in [0.29, 0.717) is 43.3 Å². The van der Waals surface area contributed by atoms with Crippen LogP contribution in [0.2, 0.25) is 0 Å². The van der Waals surface area contributed by atoms with Gasteiger partial charge in [-0.2, -0.15) is 0 Å². The van der Waals surface area contributed by atoms with Crippen LogP contribution in [0.3, 0.4) is 0 Å². The van der Waals surface area contributed by atoms with E-state index in [2.05, 4.69) is 15.3 Å². The molecule has 0 saturated carbocycles. The lowest BCUT2D eigenvalue weighted by Gasteiger charge is -2.18. The van der Waals surface area contributed by atoms with Crippen molar-refractivity contribution in [3.63, 3.8) is 0 Å². The molecule has 1 aromatic heterocycles. The largest absolute Gasteiger partial charge is 0.348 e. The van der Waals surface area contributed by atoms with Gasteiger partial charge in [0.05, 0.1) is 17.5 Å². The molecular formula is C19H25N5O3S. The summed E-state index contributed by atoms with van der Waals surface area (Å²) in [5.74, 6) is 0.0864. The molecule has 9 heteroatoms. The van der Waals surface area contributed by atoms with E-state index in [4.69, 9.17) is 0 Å². The molecule has 8 nitrogen and oxygen atoms in total. The van der Waals surface area contributed by atoms with Crippen molar-refractivity contribution >= 4 is 21.9 Å². The second kappa shape index (κ2) is 8.24. The van der Waals surface area contributed by atoms with Crippen LogP contribution in [0, 0.1) is 0 Å². The highest BCUT2D eigenvalue weighted by atomic mass is 32.2. The second-order valence-corrected chi connectivity index (χ2v) is 9.12. The number of amides is 1. The van der Waals surface area contributed by atoms with E-state index in [1.807, 2.05) is 44.4 Å². The molecule has 1 fully saturated rings. The van der Waals surface area contributed by atoms with E-state index in [9.17, 15) is 13.2 Å². The number of hydrogen-bond donors (Lipinski definition) is 1. The van der Waals surface area contributed by atoms with Crippen molar-refractivity contribution in [2.45, 2.75) is 18.9 Å². The highest BCUT2D eigenvalue weighted by molar-refractivity contribution is 7.88. The van der Waals surface area contributed by atoms with E-state index in [-0.39, 0.29) is 11.8 Å². The van der Waals surface area contributed by atoms with Crippen LogP contribution in [0.5, 0.6) is 0 Å². The van der Waals surface area contributed by atoms with Gasteiger partial charge in [0.15, 0.2) is 0 Å². The van der Waals surface area contributed by atoms with Crippen molar-refractivity contribution in [2.24, 2.45) is 0 Å². The summed E-state index contributed by atoms with van der Waals surface area (Å²) in [6, 6.07) is 9.63. The summed E-state index contributed by atoms with van der Waals surface area (Å²) in [7, 11) is 0.380. The van der Waals surface area contributed by atoms with Gasteiger partial charge in [-0.3, -0.25) is 4.79 Å². The third-order valence-electron chi connectivity index (χ3n) is 4.75. The highest BCUT2D eigenvalue weighted by Gasteiger charge is 2.33. The number of anilines is 1. The van der Waals surface area contributed by atoms with E-state index in [1.54, 1.807) is 4.90 Å². The minimum Gasteiger partial charge on any atom is -0.348 e. The molecule has 1 unspecified atom stereocenters. The number of carbonyl (C=O) groups is 1. The van der Waals surface area contributed by atoms with E-state index < -0.39 is 10.0 Å². The van der Waals surface area contributed by atoms with Crippen LogP contribution < -0.4 is 10.2 Å². The molecule has 1 aromatic carbocycles. The highest BCUT2D eigenvalue weighted by Crippen LogP contribution is 2.30. The zero-order chi connectivity index (χ0) is 20.3. The fourth-order valence-corrected chi connectivity index (χ4v) is 4.10. The fraction of sp³-hybridized carbons (Fsp3) is 0.421. The van der Waals surface area contributed by atoms with Gasteiger partial charge in [0.1, 0.15) is 0 Å². The Morgan fingerprint density at radius 2 is 2.00 bits per heavy atom. The zero-order valence-electron chi connectivity index (χ0n) is 16.3. The summed E-state index contributed by atoms with van der Waals surface area (Å²) >= 11 is 0. The van der Waals surface area contributed by atoms with Gasteiger partial charge in [0.2, 0.25) is 16.0 Å². The number of aromatic nitrogens is 2. The molecule has 2 aromatic rings. The van der Waals surface area contributed by atoms with Crippen LogP contribution in [-0.4, -0.2) is 62.0 Å². The number of nitrogens with one attached hydrogen (secondary N) is 1. The predicted molar refractivity (Wildman–Crippen MR) is 108 cm³/mol. The summed E-state index contributed by atoms with van der Waals surface area (Å²) in [6.07, 6.45) is 3.35. The molecule has 28 heavy (non-hydrogen) atoms. The Kier molecular flexibility index (Phi) is 5.95. The smallest absolute Gasteiger partial charge is 0.254 e. The minimum absolute atomic E-state index is 0.145. The van der Waals surface area contributed by atoms with E-state index in [1.165, 1.54) is 16.8 Å². The first-order valence-corrected chi connectivity index (χ1v) is 10.9. The Labute approximate surface area is 165 Å². The summed E-state index contributed by atoms with van der Waals surface area (Å²) in [5, 5.41) is 2.90. The van der Waals surface area contributed by atoms with Gasteiger partial charge in [-0.1, -0.05) is 30.3 Å². The van der Waals surface area contributed by atoms with Crippen LogP contribution in [-0.2, 0) is 16.6 Å². The Morgan fingerprint density at radius 1 is 1.29 bits per heavy atom. The number of carbonyl (C=O) groups excluding carboxylic acids is 1. The average molecular weight is 404 g/mol. The molecule has 0 spiro atoms. The van der Waals surface area contributed by atoms with Crippen molar-refractivity contribution in [3.8, 4) is 0 Å². The molecule has 0 aliphatic carbocycles. The molecule has 0 radical (unpaired) electrons. The SMILES string of the molecule is CN(C)c1ncc(C(=O)NCc2ccccc2)c(C2CCN(S(C)(=O)=O)C2)n1. The van der Waals surface area contributed by atoms with Crippen LogP contribution in [0.25, 0.3) is 0 Å². The Bertz CT molecular complexity index is 947. The maximum absolute atomic E-state index is 12.8. The maximum atomic E-state index is 12.8. The first-order valence-electron chi connectivity index (χ1n) is 9.07. The Balaban J connectivity index is 1.85. The molecule has 1 aliphatic rings. The van der Waals surface area contributed by atoms with Gasteiger partial charge < -0.3 is 10.2 Å².